The average Bonchev–Trinajstić information content (AvgIpc) is 3.15. The Balaban J connectivity index is 2.03. The van der Waals surface area contributed by atoms with Crippen LogP contribution in [-0.2, 0) is 14.3 Å². The third-order valence-electron chi connectivity index (χ3n) is 4.85. The number of aromatic amines is 1. The van der Waals surface area contributed by atoms with Gasteiger partial charge in [-0.15, -0.1) is 0 Å². The summed E-state index contributed by atoms with van der Waals surface area (Å²) in [6.45, 7) is 7.66. The molecule has 0 spiro atoms. The molecule has 0 aliphatic carbocycles. The Hall–Kier alpha value is -2.26. The summed E-state index contributed by atoms with van der Waals surface area (Å²) in [5, 5.41) is 2.62. The fourth-order valence-corrected chi connectivity index (χ4v) is 3.31. The second-order valence-electron chi connectivity index (χ2n) is 6.92. The van der Waals surface area contributed by atoms with Crippen LogP contribution in [0, 0.1) is 11.8 Å². The summed E-state index contributed by atoms with van der Waals surface area (Å²) in [7, 11) is 1.64. The molecule has 3 heterocycles. The van der Waals surface area contributed by atoms with E-state index in [1.54, 1.807) is 25.5 Å². The average molecular weight is 363 g/mol. The number of imidazole rings is 1. The fraction of sp³-hybridized carbons (Fsp3) is 0.647. The summed E-state index contributed by atoms with van der Waals surface area (Å²) in [6, 6.07) is 0. The molecule has 1 amide bonds. The molecule has 9 heteroatoms. The van der Waals surface area contributed by atoms with Gasteiger partial charge in [-0.3, -0.25) is 24.5 Å². The summed E-state index contributed by atoms with van der Waals surface area (Å²) in [5.74, 6) is -0.183. The molecular formula is C17H25N5O4. The Kier molecular flexibility index (Phi) is 5.10. The summed E-state index contributed by atoms with van der Waals surface area (Å²) in [4.78, 5) is 35.3. The summed E-state index contributed by atoms with van der Waals surface area (Å²) >= 11 is 0. The standard InChI is InChI=1S/C17H25N5O4/c1-6-10-9(4)12(25-5)16(26-10)22-7-18-11-13(22)19-17(21-15(11)24)20-14(23)8(2)3/h7-10,12,16H,6H2,1-5H3,(H2,19,20,21,23,24)/t9-,10-,12-,16-/m1/s1. The minimum absolute atomic E-state index is 0.0458. The molecule has 0 bridgehead atoms. The van der Waals surface area contributed by atoms with Gasteiger partial charge < -0.3 is 9.47 Å². The third-order valence-corrected chi connectivity index (χ3v) is 4.85. The molecule has 1 aliphatic heterocycles. The molecule has 0 radical (unpaired) electrons. The van der Waals surface area contributed by atoms with Crippen LogP contribution in [0.1, 0.15) is 40.3 Å². The van der Waals surface area contributed by atoms with E-state index in [9.17, 15) is 9.59 Å². The molecule has 2 aromatic heterocycles. The lowest BCUT2D eigenvalue weighted by atomic mass is 9.98. The highest BCUT2D eigenvalue weighted by Crippen LogP contribution is 2.37. The number of nitrogens with zero attached hydrogens (tertiary/aromatic N) is 3. The van der Waals surface area contributed by atoms with Crippen molar-refractivity contribution in [3.63, 3.8) is 0 Å². The molecule has 0 aromatic carbocycles. The van der Waals surface area contributed by atoms with Crippen LogP contribution in [0.15, 0.2) is 11.1 Å². The second-order valence-corrected chi connectivity index (χ2v) is 6.92. The maximum atomic E-state index is 12.3. The van der Waals surface area contributed by atoms with E-state index in [4.69, 9.17) is 9.47 Å². The molecule has 0 unspecified atom stereocenters. The predicted octanol–water partition coefficient (Wildman–Crippen LogP) is 1.67. The van der Waals surface area contributed by atoms with Crippen molar-refractivity contribution in [2.24, 2.45) is 11.8 Å². The van der Waals surface area contributed by atoms with Crippen molar-refractivity contribution in [3.8, 4) is 0 Å². The molecular weight excluding hydrogens is 338 g/mol. The molecule has 1 aliphatic rings. The van der Waals surface area contributed by atoms with Gasteiger partial charge in [0.1, 0.15) is 6.10 Å². The molecule has 3 rings (SSSR count). The number of nitrogens with one attached hydrogen (secondary N) is 2. The third kappa shape index (κ3) is 3.12. The summed E-state index contributed by atoms with van der Waals surface area (Å²) in [6.07, 6.45) is 1.81. The van der Waals surface area contributed by atoms with Crippen LogP contribution in [-0.4, -0.2) is 44.7 Å². The van der Waals surface area contributed by atoms with Crippen molar-refractivity contribution in [1.82, 2.24) is 19.5 Å². The first kappa shape index (κ1) is 18.5. The van der Waals surface area contributed by atoms with E-state index in [1.165, 1.54) is 6.33 Å². The Morgan fingerprint density at radius 1 is 1.50 bits per heavy atom. The molecule has 9 nitrogen and oxygen atoms in total. The second kappa shape index (κ2) is 7.16. The summed E-state index contributed by atoms with van der Waals surface area (Å²) < 4.78 is 13.5. The van der Waals surface area contributed by atoms with Gasteiger partial charge in [0.15, 0.2) is 17.4 Å². The molecule has 2 aromatic rings. The van der Waals surface area contributed by atoms with Crippen LogP contribution in [0.2, 0.25) is 0 Å². The minimum Gasteiger partial charge on any atom is -0.376 e. The van der Waals surface area contributed by atoms with Gasteiger partial charge >= 0.3 is 0 Å². The van der Waals surface area contributed by atoms with Crippen molar-refractivity contribution < 1.29 is 14.3 Å². The highest BCUT2D eigenvalue weighted by molar-refractivity contribution is 5.91. The van der Waals surface area contributed by atoms with Crippen molar-refractivity contribution >= 4 is 23.0 Å². The first-order chi connectivity index (χ1) is 12.4. The number of anilines is 1. The zero-order valence-corrected chi connectivity index (χ0v) is 15.6. The smallest absolute Gasteiger partial charge is 0.280 e. The lowest BCUT2D eigenvalue weighted by Crippen LogP contribution is -2.27. The predicted molar refractivity (Wildman–Crippen MR) is 95.8 cm³/mol. The van der Waals surface area contributed by atoms with Gasteiger partial charge in [0.05, 0.1) is 12.4 Å². The number of methoxy groups -OCH3 is 1. The normalized spacial score (nSPS) is 25.9. The molecule has 4 atom stereocenters. The van der Waals surface area contributed by atoms with Crippen LogP contribution in [0.4, 0.5) is 5.95 Å². The van der Waals surface area contributed by atoms with Gasteiger partial charge in [0, 0.05) is 18.9 Å². The van der Waals surface area contributed by atoms with Crippen molar-refractivity contribution in [2.75, 3.05) is 12.4 Å². The largest absolute Gasteiger partial charge is 0.376 e. The number of amides is 1. The van der Waals surface area contributed by atoms with Crippen LogP contribution >= 0.6 is 0 Å². The molecule has 142 valence electrons. The SMILES string of the molecule is CC[C@H]1O[C@@H](n2cnc3c(=O)[nH]c(NC(=O)C(C)C)nc32)[C@H](OC)[C@@H]1C. The summed E-state index contributed by atoms with van der Waals surface area (Å²) in [5.41, 5.74) is 0.127. The van der Waals surface area contributed by atoms with Gasteiger partial charge in [-0.1, -0.05) is 27.7 Å². The first-order valence-electron chi connectivity index (χ1n) is 8.83. The topological polar surface area (TPSA) is 111 Å². The molecule has 1 saturated heterocycles. The Morgan fingerprint density at radius 2 is 2.23 bits per heavy atom. The van der Waals surface area contributed by atoms with Crippen molar-refractivity contribution in [1.29, 1.82) is 0 Å². The minimum atomic E-state index is -0.437. The number of carbonyl (C=O) groups is 1. The van der Waals surface area contributed by atoms with Crippen LogP contribution in [0.3, 0.4) is 0 Å². The van der Waals surface area contributed by atoms with E-state index < -0.39 is 11.8 Å². The number of hydrogen-bond acceptors (Lipinski definition) is 6. The first-order valence-corrected chi connectivity index (χ1v) is 8.83. The Labute approximate surface area is 151 Å². The van der Waals surface area contributed by atoms with Crippen molar-refractivity contribution in [2.45, 2.75) is 52.6 Å². The number of fused-ring (bicyclic) bond motifs is 1. The van der Waals surface area contributed by atoms with Crippen molar-refractivity contribution in [3.05, 3.63) is 16.7 Å². The lowest BCUT2D eigenvalue weighted by Gasteiger charge is -2.20. The number of hydrogen-bond donors (Lipinski definition) is 2. The van der Waals surface area contributed by atoms with E-state index >= 15 is 0 Å². The number of H-pyrrole nitrogens is 1. The van der Waals surface area contributed by atoms with Gasteiger partial charge in [-0.2, -0.15) is 4.98 Å². The van der Waals surface area contributed by atoms with Crippen LogP contribution in [0.5, 0.6) is 0 Å². The van der Waals surface area contributed by atoms with Crippen LogP contribution in [0.25, 0.3) is 11.2 Å². The highest BCUT2D eigenvalue weighted by atomic mass is 16.6. The van der Waals surface area contributed by atoms with E-state index in [1.807, 2.05) is 0 Å². The van der Waals surface area contributed by atoms with Gasteiger partial charge in [-0.25, -0.2) is 4.98 Å². The van der Waals surface area contributed by atoms with Gasteiger partial charge in [-0.05, 0) is 6.42 Å². The highest BCUT2D eigenvalue weighted by Gasteiger charge is 2.43. The fourth-order valence-electron chi connectivity index (χ4n) is 3.31. The molecule has 1 fully saturated rings. The van der Waals surface area contributed by atoms with Crippen LogP contribution < -0.4 is 10.9 Å². The Bertz CT molecular complexity index is 858. The quantitative estimate of drug-likeness (QED) is 0.836. The number of ether oxygens (including phenoxy) is 2. The van der Waals surface area contributed by atoms with E-state index in [0.717, 1.165) is 6.42 Å². The Morgan fingerprint density at radius 3 is 2.85 bits per heavy atom. The van der Waals surface area contributed by atoms with Gasteiger partial charge in [0.25, 0.3) is 5.56 Å². The maximum absolute atomic E-state index is 12.3. The number of carbonyl (C=O) groups excluding carboxylic acids is 1. The van der Waals surface area contributed by atoms with Gasteiger partial charge in [0.2, 0.25) is 11.9 Å². The molecule has 26 heavy (non-hydrogen) atoms. The molecule has 0 saturated carbocycles. The lowest BCUT2D eigenvalue weighted by molar-refractivity contribution is -0.118. The zero-order chi connectivity index (χ0) is 19.0. The maximum Gasteiger partial charge on any atom is 0.280 e. The zero-order valence-electron chi connectivity index (χ0n) is 15.6. The molecule has 2 N–H and O–H groups in total. The monoisotopic (exact) mass is 363 g/mol. The van der Waals surface area contributed by atoms with E-state index in [-0.39, 0.29) is 41.4 Å². The number of rotatable bonds is 5. The van der Waals surface area contributed by atoms with E-state index in [2.05, 4.69) is 34.1 Å². The number of aromatic nitrogens is 4. The van der Waals surface area contributed by atoms with E-state index in [0.29, 0.717) is 5.65 Å².